The van der Waals surface area contributed by atoms with E-state index in [1.54, 1.807) is 0 Å². The Kier molecular flexibility index (Phi) is 5.78. The first-order valence-electron chi connectivity index (χ1n) is 7.78. The summed E-state index contributed by atoms with van der Waals surface area (Å²) in [6.45, 7) is 5.94. The molecule has 0 amide bonds. The summed E-state index contributed by atoms with van der Waals surface area (Å²) < 4.78 is 0. The fraction of sp³-hybridized carbons (Fsp3) is 0.235. The maximum absolute atomic E-state index is 11.1. The Hall–Kier alpha value is -3.29. The van der Waals surface area contributed by atoms with Gasteiger partial charge in [-0.05, 0) is 44.2 Å². The van der Waals surface area contributed by atoms with Crippen LogP contribution in [0, 0.1) is 20.2 Å². The van der Waals surface area contributed by atoms with E-state index in [2.05, 4.69) is 23.7 Å². The molecule has 25 heavy (non-hydrogen) atoms. The minimum atomic E-state index is -0.667. The van der Waals surface area contributed by atoms with Crippen molar-refractivity contribution in [2.24, 2.45) is 4.99 Å². The summed E-state index contributed by atoms with van der Waals surface area (Å²) in [4.78, 5) is 27.0. The Morgan fingerprint density at radius 1 is 1.00 bits per heavy atom. The zero-order valence-corrected chi connectivity index (χ0v) is 14.0. The smallest absolute Gasteiger partial charge is 0.285 e. The summed E-state index contributed by atoms with van der Waals surface area (Å²) >= 11 is 0. The van der Waals surface area contributed by atoms with E-state index >= 15 is 0 Å². The van der Waals surface area contributed by atoms with Crippen molar-refractivity contribution in [1.82, 2.24) is 0 Å². The molecule has 2 rings (SSSR count). The molecule has 0 aliphatic carbocycles. The lowest BCUT2D eigenvalue weighted by molar-refractivity contribution is -0.394. The molecule has 0 saturated heterocycles. The average molecular weight is 342 g/mol. The predicted octanol–water partition coefficient (Wildman–Crippen LogP) is 4.10. The molecular formula is C17H18N4O4. The standard InChI is InChI=1S/C17H18N4O4/c1-3-19(4-2)15-9-6-14(7-10-15)18-12-13-5-8-16(20(22)23)11-17(13)21(24)25/h5-12H,3-4H2,1-2H3. The number of hydrogen-bond acceptors (Lipinski definition) is 6. The maximum atomic E-state index is 11.1. The van der Waals surface area contributed by atoms with Crippen LogP contribution in [0.3, 0.4) is 0 Å². The lowest BCUT2D eigenvalue weighted by Gasteiger charge is -2.20. The molecule has 0 atom stereocenters. The summed E-state index contributed by atoms with van der Waals surface area (Å²) in [5, 5.41) is 21.9. The van der Waals surface area contributed by atoms with Crippen LogP contribution in [-0.4, -0.2) is 29.2 Å². The molecule has 8 heteroatoms. The monoisotopic (exact) mass is 342 g/mol. The van der Waals surface area contributed by atoms with Crippen molar-refractivity contribution < 1.29 is 9.85 Å². The van der Waals surface area contributed by atoms with E-state index < -0.39 is 9.85 Å². The Morgan fingerprint density at radius 2 is 1.64 bits per heavy atom. The lowest BCUT2D eigenvalue weighted by atomic mass is 10.1. The quantitative estimate of drug-likeness (QED) is 0.428. The lowest BCUT2D eigenvalue weighted by Crippen LogP contribution is -2.21. The third-order valence-corrected chi connectivity index (χ3v) is 3.75. The number of nitrogens with zero attached hydrogens (tertiary/aromatic N) is 4. The minimum Gasteiger partial charge on any atom is -0.372 e. The van der Waals surface area contributed by atoms with Crippen molar-refractivity contribution in [2.45, 2.75) is 13.8 Å². The van der Waals surface area contributed by atoms with Gasteiger partial charge in [0, 0.05) is 31.1 Å². The zero-order chi connectivity index (χ0) is 18.4. The second kappa shape index (κ2) is 8.00. The second-order valence-electron chi connectivity index (χ2n) is 5.20. The molecule has 0 fully saturated rings. The van der Waals surface area contributed by atoms with E-state index in [4.69, 9.17) is 0 Å². The molecule has 8 nitrogen and oxygen atoms in total. The summed E-state index contributed by atoms with van der Waals surface area (Å²) in [6.07, 6.45) is 1.34. The fourth-order valence-electron chi connectivity index (χ4n) is 2.40. The zero-order valence-electron chi connectivity index (χ0n) is 14.0. The minimum absolute atomic E-state index is 0.211. The first-order chi connectivity index (χ1) is 12.0. The maximum Gasteiger partial charge on any atom is 0.285 e. The molecule has 130 valence electrons. The highest BCUT2D eigenvalue weighted by molar-refractivity contribution is 5.87. The summed E-state index contributed by atoms with van der Waals surface area (Å²) in [5.41, 5.74) is 1.25. The van der Waals surface area contributed by atoms with Crippen LogP contribution in [0.2, 0.25) is 0 Å². The fourth-order valence-corrected chi connectivity index (χ4v) is 2.40. The van der Waals surface area contributed by atoms with Crippen molar-refractivity contribution in [2.75, 3.05) is 18.0 Å². The first kappa shape index (κ1) is 18.1. The molecule has 0 bridgehead atoms. The number of rotatable bonds is 7. The van der Waals surface area contributed by atoms with Crippen LogP contribution in [0.1, 0.15) is 19.4 Å². The molecular weight excluding hydrogens is 324 g/mol. The van der Waals surface area contributed by atoms with Crippen LogP contribution in [0.5, 0.6) is 0 Å². The average Bonchev–Trinajstić information content (AvgIpc) is 2.61. The highest BCUT2D eigenvalue weighted by Gasteiger charge is 2.18. The highest BCUT2D eigenvalue weighted by atomic mass is 16.6. The van der Waals surface area contributed by atoms with Gasteiger partial charge in [0.1, 0.15) is 0 Å². The van der Waals surface area contributed by atoms with Gasteiger partial charge < -0.3 is 4.90 Å². The SMILES string of the molecule is CCN(CC)c1ccc(N=Cc2ccc([N+](=O)[O-])cc2[N+](=O)[O-])cc1. The third kappa shape index (κ3) is 4.37. The molecule has 0 saturated carbocycles. The van der Waals surface area contributed by atoms with Gasteiger partial charge in [-0.25, -0.2) is 0 Å². The van der Waals surface area contributed by atoms with Gasteiger partial charge in [0.05, 0.1) is 27.2 Å². The number of hydrogen-bond donors (Lipinski definition) is 0. The highest BCUT2D eigenvalue weighted by Crippen LogP contribution is 2.25. The Morgan fingerprint density at radius 3 is 2.16 bits per heavy atom. The van der Waals surface area contributed by atoms with Gasteiger partial charge in [-0.3, -0.25) is 25.2 Å². The normalized spacial score (nSPS) is 10.8. The molecule has 0 N–H and O–H groups in total. The number of nitro groups is 2. The summed E-state index contributed by atoms with van der Waals surface area (Å²) in [5.74, 6) is 0. The van der Waals surface area contributed by atoms with E-state index in [1.807, 2.05) is 24.3 Å². The van der Waals surface area contributed by atoms with Crippen LogP contribution in [-0.2, 0) is 0 Å². The van der Waals surface area contributed by atoms with Crippen LogP contribution >= 0.6 is 0 Å². The summed E-state index contributed by atoms with van der Waals surface area (Å²) in [7, 11) is 0. The molecule has 0 aliphatic heterocycles. The molecule has 0 aliphatic rings. The molecule has 0 heterocycles. The van der Waals surface area contributed by atoms with Gasteiger partial charge in [0.15, 0.2) is 0 Å². The number of aliphatic imine (C=N–C) groups is 1. The molecule has 0 radical (unpaired) electrons. The predicted molar refractivity (Wildman–Crippen MR) is 97.0 cm³/mol. The van der Waals surface area contributed by atoms with Crippen molar-refractivity contribution in [3.63, 3.8) is 0 Å². The molecule has 0 unspecified atom stereocenters. The van der Waals surface area contributed by atoms with E-state index in [0.29, 0.717) is 5.69 Å². The van der Waals surface area contributed by atoms with Crippen molar-refractivity contribution in [3.8, 4) is 0 Å². The van der Waals surface area contributed by atoms with Crippen molar-refractivity contribution in [1.29, 1.82) is 0 Å². The van der Waals surface area contributed by atoms with Crippen LogP contribution in [0.15, 0.2) is 47.5 Å². The van der Waals surface area contributed by atoms with E-state index in [-0.39, 0.29) is 16.9 Å². The largest absolute Gasteiger partial charge is 0.372 e. The third-order valence-electron chi connectivity index (χ3n) is 3.75. The summed E-state index contributed by atoms with van der Waals surface area (Å²) in [6, 6.07) is 11.0. The molecule has 2 aromatic rings. The number of anilines is 1. The Bertz CT molecular complexity index is 799. The second-order valence-corrected chi connectivity index (χ2v) is 5.20. The van der Waals surface area contributed by atoms with Gasteiger partial charge in [-0.15, -0.1) is 0 Å². The molecule has 0 spiro atoms. The first-order valence-corrected chi connectivity index (χ1v) is 7.78. The van der Waals surface area contributed by atoms with Gasteiger partial charge in [0.2, 0.25) is 0 Å². The van der Waals surface area contributed by atoms with E-state index in [9.17, 15) is 20.2 Å². The van der Waals surface area contributed by atoms with Crippen LogP contribution < -0.4 is 4.90 Å². The molecule has 2 aromatic carbocycles. The van der Waals surface area contributed by atoms with E-state index in [1.165, 1.54) is 18.3 Å². The number of benzene rings is 2. The number of nitro benzene ring substituents is 2. The van der Waals surface area contributed by atoms with Gasteiger partial charge >= 0.3 is 0 Å². The van der Waals surface area contributed by atoms with Crippen molar-refractivity contribution >= 4 is 29.0 Å². The topological polar surface area (TPSA) is 102 Å². The Labute approximate surface area is 144 Å². The van der Waals surface area contributed by atoms with Gasteiger partial charge in [-0.2, -0.15) is 0 Å². The van der Waals surface area contributed by atoms with Crippen LogP contribution in [0.25, 0.3) is 0 Å². The number of non-ortho nitro benzene ring substituents is 1. The van der Waals surface area contributed by atoms with Crippen molar-refractivity contribution in [3.05, 3.63) is 68.3 Å². The molecule has 0 aromatic heterocycles. The van der Waals surface area contributed by atoms with Gasteiger partial charge in [-0.1, -0.05) is 0 Å². The van der Waals surface area contributed by atoms with Gasteiger partial charge in [0.25, 0.3) is 11.4 Å². The van der Waals surface area contributed by atoms with E-state index in [0.717, 1.165) is 24.8 Å². The Balaban J connectivity index is 2.27. The van der Waals surface area contributed by atoms with Crippen LogP contribution in [0.4, 0.5) is 22.7 Å².